The van der Waals surface area contributed by atoms with Crippen molar-refractivity contribution in [3.8, 4) is 17.0 Å². The Morgan fingerprint density at radius 1 is 1.20 bits per heavy atom. The summed E-state index contributed by atoms with van der Waals surface area (Å²) in [5, 5.41) is 4.45. The van der Waals surface area contributed by atoms with Gasteiger partial charge in [-0.25, -0.2) is 14.8 Å². The van der Waals surface area contributed by atoms with E-state index in [1.165, 1.54) is 0 Å². The van der Waals surface area contributed by atoms with E-state index in [-0.39, 0.29) is 6.09 Å². The van der Waals surface area contributed by atoms with Gasteiger partial charge in [-0.05, 0) is 57.5 Å². The third-order valence-electron chi connectivity index (χ3n) is 6.89. The molecule has 0 bridgehead atoms. The number of hydrogen-bond donors (Lipinski definition) is 2. The molecule has 0 saturated carbocycles. The standard InChI is InChI=1S/C30H37N7O3/c1-19-16-25(35(5)12-13-36(6)29(38)40-30(2,3)4)22(31)17-24(19)34-28-32-11-10-23(33-28)21-18-37-14-15-39-26-9-7-8-20(21)27(26)37/h7-11,16-18H,12-15,31H2,1-6H3,(H,32,33,34). The summed E-state index contributed by atoms with van der Waals surface area (Å²) in [6, 6.07) is 12.0. The molecular formula is C30H37N7O3. The molecule has 0 fully saturated rings. The van der Waals surface area contributed by atoms with Crippen molar-refractivity contribution < 1.29 is 14.3 Å². The average Bonchev–Trinajstić information content (AvgIpc) is 3.29. The van der Waals surface area contributed by atoms with Crippen LogP contribution in [0.4, 0.5) is 27.8 Å². The molecule has 1 aliphatic rings. The number of para-hydroxylation sites is 1. The lowest BCUT2D eigenvalue weighted by atomic mass is 10.1. The number of likely N-dealkylation sites (N-methyl/N-ethyl adjacent to an activating group) is 2. The van der Waals surface area contributed by atoms with Gasteiger partial charge in [0.1, 0.15) is 18.0 Å². The second-order valence-corrected chi connectivity index (χ2v) is 11.2. The zero-order valence-corrected chi connectivity index (χ0v) is 24.0. The Labute approximate surface area is 234 Å². The Morgan fingerprint density at radius 3 is 2.77 bits per heavy atom. The summed E-state index contributed by atoms with van der Waals surface area (Å²) in [6.07, 6.45) is 3.55. The van der Waals surface area contributed by atoms with Crippen molar-refractivity contribution in [2.45, 2.75) is 39.8 Å². The number of benzene rings is 2. The molecule has 10 heteroatoms. The van der Waals surface area contributed by atoms with Gasteiger partial charge in [0.05, 0.1) is 29.1 Å². The number of carbonyl (C=O) groups excluding carboxylic acids is 1. The van der Waals surface area contributed by atoms with Gasteiger partial charge in [-0.15, -0.1) is 0 Å². The number of aromatic nitrogens is 3. The smallest absolute Gasteiger partial charge is 0.410 e. The van der Waals surface area contributed by atoms with E-state index in [0.29, 0.717) is 31.3 Å². The van der Waals surface area contributed by atoms with Crippen molar-refractivity contribution >= 4 is 40.0 Å². The summed E-state index contributed by atoms with van der Waals surface area (Å²) >= 11 is 0. The maximum atomic E-state index is 12.3. The van der Waals surface area contributed by atoms with Crippen LogP contribution in [0.5, 0.6) is 5.75 Å². The van der Waals surface area contributed by atoms with Crippen LogP contribution in [0.1, 0.15) is 26.3 Å². The number of carbonyl (C=O) groups is 1. The van der Waals surface area contributed by atoms with Crippen LogP contribution in [0, 0.1) is 6.92 Å². The molecule has 3 N–H and O–H groups in total. The summed E-state index contributed by atoms with van der Waals surface area (Å²) in [7, 11) is 3.69. The topological polar surface area (TPSA) is 111 Å². The molecule has 2 aromatic heterocycles. The first-order chi connectivity index (χ1) is 19.0. The van der Waals surface area contributed by atoms with Crippen molar-refractivity contribution in [2.24, 2.45) is 0 Å². The Hall–Kier alpha value is -4.47. The second kappa shape index (κ2) is 10.6. The highest BCUT2D eigenvalue weighted by atomic mass is 16.6. The number of aryl methyl sites for hydroxylation is 1. The molecular weight excluding hydrogens is 506 g/mol. The van der Waals surface area contributed by atoms with E-state index in [9.17, 15) is 4.79 Å². The number of amides is 1. The molecule has 2 aromatic carbocycles. The third-order valence-corrected chi connectivity index (χ3v) is 6.89. The van der Waals surface area contributed by atoms with Gasteiger partial charge in [-0.1, -0.05) is 12.1 Å². The molecule has 0 saturated heterocycles. The Kier molecular flexibility index (Phi) is 7.18. The molecule has 5 rings (SSSR count). The first-order valence-corrected chi connectivity index (χ1v) is 13.4. The number of ether oxygens (including phenoxy) is 2. The van der Waals surface area contributed by atoms with Crippen LogP contribution in [0.3, 0.4) is 0 Å². The van der Waals surface area contributed by atoms with Crippen LogP contribution in [0.2, 0.25) is 0 Å². The molecule has 0 spiro atoms. The summed E-state index contributed by atoms with van der Waals surface area (Å²) in [6.45, 7) is 10.1. The lowest BCUT2D eigenvalue weighted by Crippen LogP contribution is -2.38. The van der Waals surface area contributed by atoms with Crippen LogP contribution in [-0.2, 0) is 11.3 Å². The van der Waals surface area contributed by atoms with Gasteiger partial charge >= 0.3 is 6.09 Å². The minimum absolute atomic E-state index is 0.349. The molecule has 0 unspecified atom stereocenters. The van der Waals surface area contributed by atoms with Gasteiger partial charge in [0.15, 0.2) is 0 Å². The van der Waals surface area contributed by atoms with E-state index in [1.807, 2.05) is 70.0 Å². The summed E-state index contributed by atoms with van der Waals surface area (Å²) in [4.78, 5) is 25.2. The summed E-state index contributed by atoms with van der Waals surface area (Å²) < 4.78 is 13.5. The molecule has 0 atom stereocenters. The van der Waals surface area contributed by atoms with Crippen molar-refractivity contribution in [3.05, 3.63) is 54.4 Å². The minimum Gasteiger partial charge on any atom is -0.490 e. The molecule has 4 aromatic rings. The average molecular weight is 544 g/mol. The van der Waals surface area contributed by atoms with Gasteiger partial charge in [-0.2, -0.15) is 0 Å². The lowest BCUT2D eigenvalue weighted by Gasteiger charge is -2.28. The van der Waals surface area contributed by atoms with Gasteiger partial charge in [0.25, 0.3) is 0 Å². The van der Waals surface area contributed by atoms with E-state index in [4.69, 9.17) is 20.2 Å². The second-order valence-electron chi connectivity index (χ2n) is 11.2. The number of nitrogens with one attached hydrogen (secondary N) is 1. The van der Waals surface area contributed by atoms with Crippen molar-refractivity contribution in [1.29, 1.82) is 0 Å². The minimum atomic E-state index is -0.532. The Bertz CT molecular complexity index is 1560. The molecule has 0 aliphatic carbocycles. The van der Waals surface area contributed by atoms with E-state index in [1.54, 1.807) is 18.1 Å². The van der Waals surface area contributed by atoms with Gasteiger partial charge in [-0.3, -0.25) is 0 Å². The van der Waals surface area contributed by atoms with Crippen molar-refractivity contribution in [3.63, 3.8) is 0 Å². The number of nitrogens with zero attached hydrogens (tertiary/aromatic N) is 5. The zero-order valence-electron chi connectivity index (χ0n) is 24.0. The van der Waals surface area contributed by atoms with E-state index >= 15 is 0 Å². The highest BCUT2D eigenvalue weighted by Crippen LogP contribution is 2.37. The van der Waals surface area contributed by atoms with Gasteiger partial charge in [0.2, 0.25) is 5.95 Å². The molecule has 1 amide bonds. The summed E-state index contributed by atoms with van der Waals surface area (Å²) in [5.41, 5.74) is 12.2. The van der Waals surface area contributed by atoms with E-state index in [0.717, 1.165) is 51.4 Å². The fourth-order valence-corrected chi connectivity index (χ4v) is 4.79. The van der Waals surface area contributed by atoms with Crippen molar-refractivity contribution in [1.82, 2.24) is 19.4 Å². The first-order valence-electron chi connectivity index (χ1n) is 13.4. The maximum Gasteiger partial charge on any atom is 0.410 e. The van der Waals surface area contributed by atoms with Crippen molar-refractivity contribution in [2.75, 3.05) is 49.7 Å². The Balaban J connectivity index is 1.31. The molecule has 3 heterocycles. The largest absolute Gasteiger partial charge is 0.490 e. The number of nitrogens with two attached hydrogens (primary N) is 1. The fraction of sp³-hybridized carbons (Fsp3) is 0.367. The van der Waals surface area contributed by atoms with Gasteiger partial charge in [0, 0.05) is 56.2 Å². The van der Waals surface area contributed by atoms with Crippen LogP contribution >= 0.6 is 0 Å². The number of nitrogen functional groups attached to an aromatic ring is 1. The predicted octanol–water partition coefficient (Wildman–Crippen LogP) is 5.43. The first kappa shape index (κ1) is 27.1. The van der Waals surface area contributed by atoms with Crippen LogP contribution < -0.4 is 20.7 Å². The molecule has 0 radical (unpaired) electrons. The SMILES string of the molecule is Cc1cc(N(C)CCN(C)C(=O)OC(C)(C)C)c(N)cc1Nc1nccc(-c2cn3c4c(cccc24)OCC3)n1. The quantitative estimate of drug-likeness (QED) is 0.297. The monoisotopic (exact) mass is 543 g/mol. The summed E-state index contributed by atoms with van der Waals surface area (Å²) in [5.74, 6) is 1.39. The number of anilines is 4. The van der Waals surface area contributed by atoms with Crippen LogP contribution in [0.25, 0.3) is 22.2 Å². The van der Waals surface area contributed by atoms with Crippen LogP contribution in [0.15, 0.2) is 48.8 Å². The van der Waals surface area contributed by atoms with E-state index < -0.39 is 5.60 Å². The molecule has 1 aliphatic heterocycles. The molecule has 40 heavy (non-hydrogen) atoms. The lowest BCUT2D eigenvalue weighted by molar-refractivity contribution is 0.0303. The third kappa shape index (κ3) is 5.61. The predicted molar refractivity (Wildman–Crippen MR) is 159 cm³/mol. The molecule has 10 nitrogen and oxygen atoms in total. The van der Waals surface area contributed by atoms with Gasteiger partial charge < -0.3 is 34.9 Å². The molecule has 210 valence electrons. The van der Waals surface area contributed by atoms with Crippen LogP contribution in [-0.4, -0.2) is 64.9 Å². The fourth-order valence-electron chi connectivity index (χ4n) is 4.79. The number of hydrogen-bond acceptors (Lipinski definition) is 8. The highest BCUT2D eigenvalue weighted by molar-refractivity contribution is 5.98. The van der Waals surface area contributed by atoms with E-state index in [2.05, 4.69) is 27.1 Å². The Morgan fingerprint density at radius 2 is 2.00 bits per heavy atom. The zero-order chi connectivity index (χ0) is 28.6. The number of rotatable bonds is 7. The maximum absolute atomic E-state index is 12.3. The normalized spacial score (nSPS) is 12.7. The highest BCUT2D eigenvalue weighted by Gasteiger charge is 2.21.